The zero-order valence-electron chi connectivity index (χ0n) is 27.9. The number of aliphatic hydroxyl groups excluding tert-OH is 1. The van der Waals surface area contributed by atoms with E-state index in [2.05, 4.69) is 31.4 Å². The van der Waals surface area contributed by atoms with Crippen LogP contribution in [0.1, 0.15) is 75.0 Å². The van der Waals surface area contributed by atoms with Crippen LogP contribution >= 0.6 is 0 Å². The lowest BCUT2D eigenvalue weighted by Crippen LogP contribution is -2.48. The molecule has 0 saturated heterocycles. The van der Waals surface area contributed by atoms with E-state index >= 15 is 0 Å². The average molecular weight is 647 g/mol. The minimum Gasteiger partial charge on any atom is -0.390 e. The predicted octanol–water partition coefficient (Wildman–Crippen LogP) is 6.33. The van der Waals surface area contributed by atoms with E-state index in [9.17, 15) is 18.3 Å². The molecule has 0 aliphatic heterocycles. The van der Waals surface area contributed by atoms with Crippen LogP contribution in [0.5, 0.6) is 0 Å². The Morgan fingerprint density at radius 2 is 1.61 bits per heavy atom. The molecule has 1 amide bonds. The number of aliphatic hydroxyl groups is 1. The summed E-state index contributed by atoms with van der Waals surface area (Å²) < 4.78 is 29.1. The van der Waals surface area contributed by atoms with E-state index in [1.807, 2.05) is 49.4 Å². The van der Waals surface area contributed by atoms with Crippen LogP contribution in [0.15, 0.2) is 84.9 Å². The zero-order valence-corrected chi connectivity index (χ0v) is 28.7. The molecule has 0 aliphatic rings. The lowest BCUT2D eigenvalue weighted by atomic mass is 9.89. The minimum absolute atomic E-state index is 0.294. The first-order valence-corrected chi connectivity index (χ1v) is 18.2. The van der Waals surface area contributed by atoms with Crippen molar-refractivity contribution in [3.8, 4) is 0 Å². The number of carbonyl (C=O) groups excluding carboxylic acids is 1. The number of aryl methyl sites for hydroxylation is 1. The molecule has 1 heterocycles. The number of para-hydroxylation sites is 1. The summed E-state index contributed by atoms with van der Waals surface area (Å²) in [6.07, 6.45) is 6.04. The summed E-state index contributed by atoms with van der Waals surface area (Å²) in [6.45, 7) is 9.94. The molecule has 248 valence electrons. The van der Waals surface area contributed by atoms with Crippen molar-refractivity contribution < 1.29 is 18.3 Å². The lowest BCUT2D eigenvalue weighted by Gasteiger charge is -2.26. The van der Waals surface area contributed by atoms with Crippen molar-refractivity contribution in [2.45, 2.75) is 78.4 Å². The fourth-order valence-electron chi connectivity index (χ4n) is 5.75. The largest absolute Gasteiger partial charge is 0.390 e. The predicted molar refractivity (Wildman–Crippen MR) is 189 cm³/mol. The number of rotatable bonds is 16. The molecule has 0 saturated carbocycles. The van der Waals surface area contributed by atoms with Gasteiger partial charge < -0.3 is 15.7 Å². The number of amides is 1. The Labute approximate surface area is 274 Å². The number of benzene rings is 3. The number of unbranched alkanes of at least 4 members (excludes halogenated alkanes) is 2. The van der Waals surface area contributed by atoms with Gasteiger partial charge in [-0.1, -0.05) is 89.1 Å². The highest BCUT2D eigenvalue weighted by Crippen LogP contribution is 2.28. The van der Waals surface area contributed by atoms with E-state index in [0.717, 1.165) is 36.0 Å². The standard InChI is InChI=1S/C37H50N4O4S/c1-6-31-26-30-25-29(20-21-34(30)40(31)41(46(5,44)45)32-18-12-8-13-19-32)36(43)39-33(24-28-16-10-7-11-17-28)35(42)27-38-23-15-9-14-22-37(2,3)4/h7-8,10-13,16-21,25-26,33,35,38,42H,6,9,14-15,22-24,27H2,1-5H3,(H,39,43)/t33-,35+/m0/s1. The lowest BCUT2D eigenvalue weighted by molar-refractivity contribution is 0.0830. The van der Waals surface area contributed by atoms with E-state index in [1.165, 1.54) is 23.5 Å². The molecule has 4 rings (SSSR count). The molecular weight excluding hydrogens is 596 g/mol. The van der Waals surface area contributed by atoms with Crippen LogP contribution in [0.2, 0.25) is 0 Å². The van der Waals surface area contributed by atoms with Crippen molar-refractivity contribution in [1.82, 2.24) is 15.3 Å². The Bertz CT molecular complexity index is 1660. The maximum absolute atomic E-state index is 13.6. The van der Waals surface area contributed by atoms with Gasteiger partial charge in [0.2, 0.25) is 10.0 Å². The quantitative estimate of drug-likeness (QED) is 0.124. The summed E-state index contributed by atoms with van der Waals surface area (Å²) in [7, 11) is -3.68. The van der Waals surface area contributed by atoms with Crippen LogP contribution in [-0.2, 0) is 22.9 Å². The van der Waals surface area contributed by atoms with E-state index in [0.29, 0.717) is 41.6 Å². The molecule has 1 aromatic heterocycles. The molecule has 8 nitrogen and oxygen atoms in total. The topological polar surface area (TPSA) is 104 Å². The normalized spacial score (nSPS) is 13.4. The summed E-state index contributed by atoms with van der Waals surface area (Å²) in [5.41, 5.74) is 3.80. The summed E-state index contributed by atoms with van der Waals surface area (Å²) in [5, 5.41) is 18.4. The second-order valence-corrected chi connectivity index (χ2v) is 15.1. The molecule has 0 spiro atoms. The van der Waals surface area contributed by atoms with E-state index in [1.54, 1.807) is 47.1 Å². The maximum atomic E-state index is 13.6. The number of nitrogens with one attached hydrogen (secondary N) is 2. The Balaban J connectivity index is 1.52. The number of aromatic nitrogens is 1. The fourth-order valence-corrected chi connectivity index (χ4v) is 6.75. The van der Waals surface area contributed by atoms with Crippen LogP contribution < -0.4 is 15.0 Å². The monoisotopic (exact) mass is 646 g/mol. The van der Waals surface area contributed by atoms with Gasteiger partial charge in [0.15, 0.2) is 0 Å². The molecule has 0 unspecified atom stereocenters. The molecule has 3 N–H and O–H groups in total. The second kappa shape index (κ2) is 15.8. The number of anilines is 1. The summed E-state index contributed by atoms with van der Waals surface area (Å²) in [4.78, 5) is 13.6. The van der Waals surface area contributed by atoms with Crippen molar-refractivity contribution >= 4 is 32.5 Å². The third-order valence-corrected chi connectivity index (χ3v) is 9.16. The van der Waals surface area contributed by atoms with Gasteiger partial charge in [0, 0.05) is 23.2 Å². The third-order valence-electron chi connectivity index (χ3n) is 8.16. The number of carbonyl (C=O) groups is 1. The van der Waals surface area contributed by atoms with E-state index in [4.69, 9.17) is 0 Å². The number of fused-ring (bicyclic) bond motifs is 1. The summed E-state index contributed by atoms with van der Waals surface area (Å²) in [6, 6.07) is 25.5. The Morgan fingerprint density at radius 3 is 2.24 bits per heavy atom. The molecule has 3 aromatic carbocycles. The molecule has 9 heteroatoms. The third kappa shape index (κ3) is 9.67. The van der Waals surface area contributed by atoms with Gasteiger partial charge >= 0.3 is 0 Å². The van der Waals surface area contributed by atoms with Gasteiger partial charge in [0.05, 0.1) is 29.6 Å². The van der Waals surface area contributed by atoms with Crippen LogP contribution in [0.4, 0.5) is 5.69 Å². The highest BCUT2D eigenvalue weighted by molar-refractivity contribution is 7.92. The first-order valence-electron chi connectivity index (χ1n) is 16.3. The number of sulfonamides is 1. The van der Waals surface area contributed by atoms with Crippen molar-refractivity contribution in [3.05, 3.63) is 102 Å². The minimum atomic E-state index is -3.68. The summed E-state index contributed by atoms with van der Waals surface area (Å²) in [5.74, 6) is -0.294. The molecule has 0 aliphatic carbocycles. The number of hydrogen-bond acceptors (Lipinski definition) is 5. The van der Waals surface area contributed by atoms with Crippen molar-refractivity contribution in [2.75, 3.05) is 23.8 Å². The van der Waals surface area contributed by atoms with Gasteiger partial charge in [-0.15, -0.1) is 0 Å². The van der Waals surface area contributed by atoms with Crippen molar-refractivity contribution in [3.63, 3.8) is 0 Å². The van der Waals surface area contributed by atoms with Crippen molar-refractivity contribution in [1.29, 1.82) is 0 Å². The molecule has 4 aromatic rings. The average Bonchev–Trinajstić information content (AvgIpc) is 3.37. The first-order chi connectivity index (χ1) is 21.9. The maximum Gasteiger partial charge on any atom is 0.251 e. The van der Waals surface area contributed by atoms with E-state index in [-0.39, 0.29) is 5.91 Å². The Kier molecular flexibility index (Phi) is 12.1. The van der Waals surface area contributed by atoms with Gasteiger partial charge in [-0.05, 0) is 79.6 Å². The van der Waals surface area contributed by atoms with Gasteiger partial charge in [-0.3, -0.25) is 4.79 Å². The zero-order chi connectivity index (χ0) is 33.3. The Morgan fingerprint density at radius 1 is 0.935 bits per heavy atom. The van der Waals surface area contributed by atoms with Crippen LogP contribution in [-0.4, -0.2) is 55.6 Å². The summed E-state index contributed by atoms with van der Waals surface area (Å²) >= 11 is 0. The van der Waals surface area contributed by atoms with Gasteiger partial charge in [0.1, 0.15) is 0 Å². The van der Waals surface area contributed by atoms with Crippen LogP contribution in [0, 0.1) is 5.41 Å². The first kappa shape index (κ1) is 35.2. The Hall–Kier alpha value is -3.66. The van der Waals surface area contributed by atoms with Crippen molar-refractivity contribution in [2.24, 2.45) is 5.41 Å². The smallest absolute Gasteiger partial charge is 0.251 e. The van der Waals surface area contributed by atoms with Gasteiger partial charge in [-0.25, -0.2) is 13.1 Å². The van der Waals surface area contributed by atoms with Crippen LogP contribution in [0.25, 0.3) is 10.9 Å². The fraction of sp³-hybridized carbons (Fsp3) is 0.432. The highest BCUT2D eigenvalue weighted by Gasteiger charge is 2.26. The van der Waals surface area contributed by atoms with E-state index < -0.39 is 22.2 Å². The second-order valence-electron chi connectivity index (χ2n) is 13.3. The molecule has 46 heavy (non-hydrogen) atoms. The molecule has 0 fully saturated rings. The van der Waals surface area contributed by atoms with Gasteiger partial charge in [-0.2, -0.15) is 4.41 Å². The number of hydrogen-bond donors (Lipinski definition) is 3. The number of nitrogens with zero attached hydrogens (tertiary/aromatic N) is 2. The molecule has 0 radical (unpaired) electrons. The molecular formula is C37H50N4O4S. The SMILES string of the molecule is CCc1cc2cc(C(=O)N[C@@H](Cc3ccccc3)[C@H](O)CNCCCCCC(C)(C)C)ccc2n1N(c1ccccc1)S(C)(=O)=O. The molecule has 0 bridgehead atoms. The highest BCUT2D eigenvalue weighted by atomic mass is 32.2. The van der Waals surface area contributed by atoms with Crippen LogP contribution in [0.3, 0.4) is 0 Å². The van der Waals surface area contributed by atoms with Gasteiger partial charge in [0.25, 0.3) is 5.91 Å². The molecule has 2 atom stereocenters.